The highest BCUT2D eigenvalue weighted by Gasteiger charge is 2.30. The van der Waals surface area contributed by atoms with Gasteiger partial charge in [0.15, 0.2) is 0 Å². The molecule has 29 heavy (non-hydrogen) atoms. The normalized spacial score (nSPS) is 15.4. The number of nitrogens with zero attached hydrogens (tertiary/aromatic N) is 2. The van der Waals surface area contributed by atoms with Gasteiger partial charge in [-0.2, -0.15) is 13.2 Å². The molecule has 1 aliphatic heterocycles. The van der Waals surface area contributed by atoms with E-state index in [0.29, 0.717) is 11.3 Å². The van der Waals surface area contributed by atoms with Crippen molar-refractivity contribution in [3.8, 4) is 11.3 Å². The number of hydrogen-bond acceptors (Lipinski definition) is 3. The number of hydrogen-bond donors (Lipinski definition) is 1. The molecule has 2 aromatic carbocycles. The summed E-state index contributed by atoms with van der Waals surface area (Å²) in [4.78, 5) is 8.78. The molecule has 4 rings (SSSR count). The van der Waals surface area contributed by atoms with Crippen molar-refractivity contribution >= 4 is 17.5 Å². The number of alkyl halides is 3. The zero-order valence-electron chi connectivity index (χ0n) is 15.8. The minimum Gasteiger partial charge on any atom is -0.338 e. The van der Waals surface area contributed by atoms with E-state index in [2.05, 4.69) is 51.5 Å². The van der Waals surface area contributed by atoms with Crippen LogP contribution in [0, 0.1) is 6.92 Å². The molecule has 0 fully saturated rings. The van der Waals surface area contributed by atoms with E-state index in [1.807, 2.05) is 0 Å². The molecule has 3 aromatic rings. The summed E-state index contributed by atoms with van der Waals surface area (Å²) in [6.07, 6.45) is 0.191. The maximum absolute atomic E-state index is 13.0. The summed E-state index contributed by atoms with van der Waals surface area (Å²) < 4.78 is 41.1. The predicted octanol–water partition coefficient (Wildman–Crippen LogP) is 6.20. The molecule has 0 saturated carbocycles. The van der Waals surface area contributed by atoms with Crippen molar-refractivity contribution < 1.29 is 13.2 Å². The number of nitrogens with one attached hydrogen (secondary N) is 1. The van der Waals surface area contributed by atoms with Crippen molar-refractivity contribution in [3.63, 3.8) is 0 Å². The highest BCUT2D eigenvalue weighted by Crippen LogP contribution is 2.33. The maximum atomic E-state index is 13.0. The minimum absolute atomic E-state index is 0.478. The number of halogens is 3. The zero-order valence-corrected chi connectivity index (χ0v) is 16.6. The maximum Gasteiger partial charge on any atom is 0.416 e. The Bertz CT molecular complexity index is 1020. The Morgan fingerprint density at radius 2 is 1.90 bits per heavy atom. The van der Waals surface area contributed by atoms with E-state index in [1.54, 1.807) is 24.2 Å². The van der Waals surface area contributed by atoms with Crippen molar-refractivity contribution in [3.05, 3.63) is 77.8 Å². The quantitative estimate of drug-likeness (QED) is 0.515. The fourth-order valence-corrected chi connectivity index (χ4v) is 4.08. The van der Waals surface area contributed by atoms with Gasteiger partial charge in [-0.1, -0.05) is 35.9 Å². The Morgan fingerprint density at radius 3 is 2.59 bits per heavy atom. The SMILES string of the molecule is Cc1ccc(SN2CC=C(c3ncc(-c4cccc(C(F)(F)F)c4)[nH]3)CC2)cc1. The van der Waals surface area contributed by atoms with Crippen LogP contribution in [0.3, 0.4) is 0 Å². The van der Waals surface area contributed by atoms with Gasteiger partial charge >= 0.3 is 6.18 Å². The van der Waals surface area contributed by atoms with Gasteiger partial charge in [-0.15, -0.1) is 0 Å². The summed E-state index contributed by atoms with van der Waals surface area (Å²) in [5, 5.41) is 0. The van der Waals surface area contributed by atoms with Gasteiger partial charge in [0.2, 0.25) is 0 Å². The molecule has 3 nitrogen and oxygen atoms in total. The highest BCUT2D eigenvalue weighted by atomic mass is 32.2. The zero-order chi connectivity index (χ0) is 20.4. The molecular formula is C22H20F3N3S. The van der Waals surface area contributed by atoms with Gasteiger partial charge in [0.1, 0.15) is 5.82 Å². The van der Waals surface area contributed by atoms with Crippen molar-refractivity contribution in [2.24, 2.45) is 0 Å². The van der Waals surface area contributed by atoms with E-state index >= 15 is 0 Å². The van der Waals surface area contributed by atoms with Gasteiger partial charge in [0.25, 0.3) is 0 Å². The molecule has 0 atom stereocenters. The molecule has 0 saturated heterocycles. The molecular weight excluding hydrogens is 395 g/mol. The fourth-order valence-electron chi connectivity index (χ4n) is 3.19. The third kappa shape index (κ3) is 4.74. The van der Waals surface area contributed by atoms with E-state index in [-0.39, 0.29) is 0 Å². The lowest BCUT2D eigenvalue weighted by atomic mass is 10.1. The Morgan fingerprint density at radius 1 is 1.10 bits per heavy atom. The topological polar surface area (TPSA) is 31.9 Å². The lowest BCUT2D eigenvalue weighted by Gasteiger charge is -2.24. The number of rotatable bonds is 4. The molecule has 0 spiro atoms. The molecule has 2 heterocycles. The summed E-state index contributed by atoms with van der Waals surface area (Å²) in [6.45, 7) is 3.73. The van der Waals surface area contributed by atoms with Gasteiger partial charge in [0.05, 0.1) is 17.5 Å². The Balaban J connectivity index is 1.45. The number of aromatic nitrogens is 2. The molecule has 150 valence electrons. The standard InChI is InChI=1S/C22H20F3N3S/c1-15-5-7-19(8-6-15)29-28-11-9-16(10-12-28)21-26-14-20(27-21)17-3-2-4-18(13-17)22(23,24)25/h2-9,13-14H,10-12H2,1H3,(H,26,27). The predicted molar refractivity (Wildman–Crippen MR) is 110 cm³/mol. The molecule has 0 radical (unpaired) electrons. The summed E-state index contributed by atoms with van der Waals surface area (Å²) in [6, 6.07) is 13.7. The van der Waals surface area contributed by atoms with Crippen LogP contribution in [0.1, 0.15) is 23.4 Å². The third-order valence-electron chi connectivity index (χ3n) is 4.81. The summed E-state index contributed by atoms with van der Waals surface area (Å²) in [5.41, 5.74) is 2.73. The molecule has 0 bridgehead atoms. The second-order valence-corrected chi connectivity index (χ2v) is 8.17. The van der Waals surface area contributed by atoms with Crippen LogP contribution < -0.4 is 0 Å². The number of aromatic amines is 1. The number of benzene rings is 2. The van der Waals surface area contributed by atoms with Crippen molar-refractivity contribution in [2.75, 3.05) is 13.1 Å². The average molecular weight is 415 g/mol. The van der Waals surface area contributed by atoms with Crippen LogP contribution in [0.25, 0.3) is 16.8 Å². The lowest BCUT2D eigenvalue weighted by Crippen LogP contribution is -2.21. The number of aryl methyl sites for hydroxylation is 1. The molecule has 0 amide bonds. The highest BCUT2D eigenvalue weighted by molar-refractivity contribution is 7.97. The van der Waals surface area contributed by atoms with Crippen LogP contribution in [0.15, 0.2) is 65.7 Å². The molecule has 7 heteroatoms. The molecule has 1 aliphatic rings. The number of imidazole rings is 1. The largest absolute Gasteiger partial charge is 0.416 e. The fraction of sp³-hybridized carbons (Fsp3) is 0.227. The smallest absolute Gasteiger partial charge is 0.338 e. The second kappa shape index (κ2) is 8.08. The summed E-state index contributed by atoms with van der Waals surface area (Å²) >= 11 is 1.73. The summed E-state index contributed by atoms with van der Waals surface area (Å²) in [5.74, 6) is 0.720. The van der Waals surface area contributed by atoms with Crippen molar-refractivity contribution in [2.45, 2.75) is 24.4 Å². The van der Waals surface area contributed by atoms with Gasteiger partial charge in [-0.3, -0.25) is 0 Å². The first-order valence-electron chi connectivity index (χ1n) is 9.30. The van der Waals surface area contributed by atoms with E-state index in [1.165, 1.54) is 16.5 Å². The first kappa shape index (κ1) is 19.8. The molecule has 1 aromatic heterocycles. The first-order chi connectivity index (χ1) is 13.9. The Hall–Kier alpha value is -2.51. The van der Waals surface area contributed by atoms with Crippen LogP contribution in [-0.4, -0.2) is 27.4 Å². The Kier molecular flexibility index (Phi) is 5.52. The van der Waals surface area contributed by atoms with Gasteiger partial charge in [-0.25, -0.2) is 9.29 Å². The molecule has 0 unspecified atom stereocenters. The van der Waals surface area contributed by atoms with Crippen molar-refractivity contribution in [1.82, 2.24) is 14.3 Å². The molecule has 1 N–H and O–H groups in total. The van der Waals surface area contributed by atoms with Gasteiger partial charge in [0, 0.05) is 23.5 Å². The van der Waals surface area contributed by atoms with Gasteiger partial charge < -0.3 is 4.98 Å². The Labute approximate surface area is 171 Å². The van der Waals surface area contributed by atoms with Crippen LogP contribution in [0.2, 0.25) is 0 Å². The third-order valence-corrected chi connectivity index (χ3v) is 5.88. The van der Waals surface area contributed by atoms with Crippen LogP contribution in [0.5, 0.6) is 0 Å². The van der Waals surface area contributed by atoms with E-state index in [0.717, 1.165) is 43.0 Å². The van der Waals surface area contributed by atoms with E-state index in [4.69, 9.17) is 0 Å². The monoisotopic (exact) mass is 415 g/mol. The van der Waals surface area contributed by atoms with Crippen molar-refractivity contribution in [1.29, 1.82) is 0 Å². The van der Waals surface area contributed by atoms with E-state index in [9.17, 15) is 13.2 Å². The minimum atomic E-state index is -4.36. The summed E-state index contributed by atoms with van der Waals surface area (Å²) in [7, 11) is 0. The average Bonchev–Trinajstić information content (AvgIpc) is 3.20. The first-order valence-corrected chi connectivity index (χ1v) is 10.1. The lowest BCUT2D eigenvalue weighted by molar-refractivity contribution is -0.137. The number of H-pyrrole nitrogens is 1. The molecule has 0 aliphatic carbocycles. The van der Waals surface area contributed by atoms with Gasteiger partial charge in [-0.05, 0) is 55.1 Å². The van der Waals surface area contributed by atoms with Crippen LogP contribution >= 0.6 is 11.9 Å². The second-order valence-electron chi connectivity index (χ2n) is 7.00. The van der Waals surface area contributed by atoms with Crippen LogP contribution in [-0.2, 0) is 6.18 Å². The van der Waals surface area contributed by atoms with E-state index < -0.39 is 11.7 Å². The van der Waals surface area contributed by atoms with Crippen LogP contribution in [0.4, 0.5) is 13.2 Å².